The van der Waals surface area contributed by atoms with Gasteiger partial charge in [0.25, 0.3) is 0 Å². The molecule has 0 heterocycles. The smallest absolute Gasteiger partial charge is 0.0773 e. The number of aliphatic hydroxyl groups excluding tert-OH is 1. The van der Waals surface area contributed by atoms with E-state index in [2.05, 4.69) is 5.92 Å². The first-order valence-electron chi connectivity index (χ1n) is 3.41. The van der Waals surface area contributed by atoms with E-state index in [-0.39, 0.29) is 6.10 Å². The summed E-state index contributed by atoms with van der Waals surface area (Å²) in [7, 11) is 1.57. The number of terminal acetylenes is 1. The molecular formula is C8H14O2. The predicted molar refractivity (Wildman–Crippen MR) is 40.6 cm³/mol. The van der Waals surface area contributed by atoms with Gasteiger partial charge in [0.05, 0.1) is 12.7 Å². The number of unbranched alkanes of at least 4 members (excludes halogenated alkanes) is 1. The Morgan fingerprint density at radius 1 is 1.70 bits per heavy atom. The molecule has 0 saturated heterocycles. The summed E-state index contributed by atoms with van der Waals surface area (Å²) < 4.78 is 4.73. The van der Waals surface area contributed by atoms with Crippen molar-refractivity contribution in [2.45, 2.75) is 25.4 Å². The molecule has 0 amide bonds. The lowest BCUT2D eigenvalue weighted by Crippen LogP contribution is -2.13. The molecule has 0 bridgehead atoms. The van der Waals surface area contributed by atoms with Crippen molar-refractivity contribution >= 4 is 0 Å². The van der Waals surface area contributed by atoms with Crippen LogP contribution in [-0.4, -0.2) is 24.9 Å². The summed E-state index contributed by atoms with van der Waals surface area (Å²) in [6.45, 7) is 0.407. The second-order valence-corrected chi connectivity index (χ2v) is 2.21. The Kier molecular flexibility index (Phi) is 6.25. The van der Waals surface area contributed by atoms with Crippen molar-refractivity contribution in [3.63, 3.8) is 0 Å². The molecule has 0 radical (unpaired) electrons. The fourth-order valence-electron chi connectivity index (χ4n) is 0.715. The van der Waals surface area contributed by atoms with Crippen molar-refractivity contribution < 1.29 is 9.84 Å². The average Bonchev–Trinajstić information content (AvgIpc) is 1.89. The summed E-state index contributed by atoms with van der Waals surface area (Å²) in [5.74, 6) is 2.51. The van der Waals surface area contributed by atoms with Crippen LogP contribution in [0.2, 0.25) is 0 Å². The Morgan fingerprint density at radius 2 is 2.40 bits per heavy atom. The maximum Gasteiger partial charge on any atom is 0.0773 e. The van der Waals surface area contributed by atoms with E-state index in [1.165, 1.54) is 0 Å². The minimum absolute atomic E-state index is 0.349. The third-order valence-electron chi connectivity index (χ3n) is 1.22. The third kappa shape index (κ3) is 5.61. The summed E-state index contributed by atoms with van der Waals surface area (Å²) in [6, 6.07) is 0. The second kappa shape index (κ2) is 6.60. The lowest BCUT2D eigenvalue weighted by molar-refractivity contribution is 0.0583. The van der Waals surface area contributed by atoms with E-state index in [0.717, 1.165) is 19.3 Å². The van der Waals surface area contributed by atoms with Gasteiger partial charge in [0.15, 0.2) is 0 Å². The van der Waals surface area contributed by atoms with Gasteiger partial charge in [-0.3, -0.25) is 0 Å². The van der Waals surface area contributed by atoms with Crippen molar-refractivity contribution in [1.29, 1.82) is 0 Å². The van der Waals surface area contributed by atoms with Gasteiger partial charge in [-0.1, -0.05) is 0 Å². The van der Waals surface area contributed by atoms with Crippen molar-refractivity contribution in [2.75, 3.05) is 13.7 Å². The van der Waals surface area contributed by atoms with E-state index in [1.807, 2.05) is 0 Å². The van der Waals surface area contributed by atoms with Crippen LogP contribution in [0.1, 0.15) is 19.3 Å². The number of rotatable bonds is 5. The van der Waals surface area contributed by atoms with Crippen LogP contribution < -0.4 is 0 Å². The van der Waals surface area contributed by atoms with Crippen LogP contribution in [0.4, 0.5) is 0 Å². The molecule has 0 spiro atoms. The number of ether oxygens (including phenoxy) is 1. The molecule has 0 aliphatic heterocycles. The zero-order chi connectivity index (χ0) is 7.82. The highest BCUT2D eigenvalue weighted by Gasteiger charge is 2.00. The van der Waals surface area contributed by atoms with Gasteiger partial charge < -0.3 is 9.84 Å². The minimum Gasteiger partial charge on any atom is -0.391 e. The van der Waals surface area contributed by atoms with Crippen molar-refractivity contribution in [3.8, 4) is 12.3 Å². The van der Waals surface area contributed by atoms with Gasteiger partial charge in [0, 0.05) is 13.5 Å². The molecule has 0 aliphatic rings. The monoisotopic (exact) mass is 142 g/mol. The topological polar surface area (TPSA) is 29.5 Å². The Morgan fingerprint density at radius 3 is 2.90 bits per heavy atom. The fourth-order valence-corrected chi connectivity index (χ4v) is 0.715. The van der Waals surface area contributed by atoms with Crippen LogP contribution in [0.5, 0.6) is 0 Å². The summed E-state index contributed by atoms with van der Waals surface area (Å²) in [4.78, 5) is 0. The molecule has 0 fully saturated rings. The Labute approximate surface area is 62.2 Å². The number of methoxy groups -OCH3 is 1. The highest BCUT2D eigenvalue weighted by Crippen LogP contribution is 1.99. The normalized spacial score (nSPS) is 12.5. The maximum absolute atomic E-state index is 9.08. The zero-order valence-electron chi connectivity index (χ0n) is 6.34. The molecule has 0 rings (SSSR count). The quantitative estimate of drug-likeness (QED) is 0.454. The molecule has 0 unspecified atom stereocenters. The van der Waals surface area contributed by atoms with E-state index in [4.69, 9.17) is 16.3 Å². The zero-order valence-corrected chi connectivity index (χ0v) is 6.34. The fraction of sp³-hybridized carbons (Fsp3) is 0.750. The Bertz CT molecular complexity index is 104. The van der Waals surface area contributed by atoms with Gasteiger partial charge in [0.2, 0.25) is 0 Å². The molecule has 2 nitrogen and oxygen atoms in total. The SMILES string of the molecule is C#CCCC[C@H](O)COC. The lowest BCUT2D eigenvalue weighted by Gasteiger charge is -2.06. The number of hydrogen-bond acceptors (Lipinski definition) is 2. The molecule has 2 heteroatoms. The van der Waals surface area contributed by atoms with E-state index in [1.54, 1.807) is 7.11 Å². The highest BCUT2D eigenvalue weighted by atomic mass is 16.5. The van der Waals surface area contributed by atoms with E-state index >= 15 is 0 Å². The van der Waals surface area contributed by atoms with Gasteiger partial charge >= 0.3 is 0 Å². The summed E-state index contributed by atoms with van der Waals surface area (Å²) in [5.41, 5.74) is 0. The molecule has 0 aromatic carbocycles. The molecule has 0 saturated carbocycles. The molecule has 1 atom stereocenters. The lowest BCUT2D eigenvalue weighted by atomic mass is 10.2. The Balaban J connectivity index is 3.06. The molecule has 0 aliphatic carbocycles. The van der Waals surface area contributed by atoms with Gasteiger partial charge in [-0.25, -0.2) is 0 Å². The first-order chi connectivity index (χ1) is 4.81. The molecular weight excluding hydrogens is 128 g/mol. The standard InChI is InChI=1S/C8H14O2/c1-3-4-5-6-8(9)7-10-2/h1,8-9H,4-7H2,2H3/t8-/m0/s1. The third-order valence-corrected chi connectivity index (χ3v) is 1.22. The predicted octanol–water partition coefficient (Wildman–Crippen LogP) is 0.797. The second-order valence-electron chi connectivity index (χ2n) is 2.21. The van der Waals surface area contributed by atoms with Gasteiger partial charge in [-0.2, -0.15) is 0 Å². The summed E-state index contributed by atoms with van der Waals surface area (Å²) in [6.07, 6.45) is 7.02. The summed E-state index contributed by atoms with van der Waals surface area (Å²) >= 11 is 0. The minimum atomic E-state index is -0.349. The van der Waals surface area contributed by atoms with Gasteiger partial charge in [-0.05, 0) is 12.8 Å². The van der Waals surface area contributed by atoms with E-state index in [0.29, 0.717) is 6.61 Å². The van der Waals surface area contributed by atoms with Crippen LogP contribution in [-0.2, 0) is 4.74 Å². The van der Waals surface area contributed by atoms with Crippen molar-refractivity contribution in [1.82, 2.24) is 0 Å². The van der Waals surface area contributed by atoms with Crippen LogP contribution in [0.3, 0.4) is 0 Å². The molecule has 0 aromatic heterocycles. The maximum atomic E-state index is 9.08. The Hall–Kier alpha value is -0.520. The highest BCUT2D eigenvalue weighted by molar-refractivity contribution is 4.83. The average molecular weight is 142 g/mol. The van der Waals surface area contributed by atoms with Crippen LogP contribution in [0, 0.1) is 12.3 Å². The van der Waals surface area contributed by atoms with Crippen molar-refractivity contribution in [3.05, 3.63) is 0 Å². The van der Waals surface area contributed by atoms with Gasteiger partial charge in [-0.15, -0.1) is 12.3 Å². The van der Waals surface area contributed by atoms with Crippen LogP contribution >= 0.6 is 0 Å². The van der Waals surface area contributed by atoms with E-state index < -0.39 is 0 Å². The molecule has 0 aromatic rings. The first kappa shape index (κ1) is 9.48. The molecule has 58 valence electrons. The summed E-state index contributed by atoms with van der Waals surface area (Å²) in [5, 5.41) is 9.08. The molecule has 10 heavy (non-hydrogen) atoms. The van der Waals surface area contributed by atoms with Gasteiger partial charge in [0.1, 0.15) is 0 Å². The van der Waals surface area contributed by atoms with E-state index in [9.17, 15) is 0 Å². The van der Waals surface area contributed by atoms with Crippen LogP contribution in [0.25, 0.3) is 0 Å². The largest absolute Gasteiger partial charge is 0.391 e. The van der Waals surface area contributed by atoms with Crippen LogP contribution in [0.15, 0.2) is 0 Å². The number of aliphatic hydroxyl groups is 1. The van der Waals surface area contributed by atoms with Crippen molar-refractivity contribution in [2.24, 2.45) is 0 Å². The first-order valence-corrected chi connectivity index (χ1v) is 3.41. The number of hydrogen-bond donors (Lipinski definition) is 1. The molecule has 1 N–H and O–H groups in total.